The number of nitrogens with zero attached hydrogens (tertiary/aromatic N) is 1. The molecule has 0 unspecified atom stereocenters. The molecule has 37 heavy (non-hydrogen) atoms. The average molecular weight is 498 g/mol. The maximum absolute atomic E-state index is 14.9. The van der Waals surface area contributed by atoms with Crippen LogP contribution in [0.3, 0.4) is 0 Å². The Hall–Kier alpha value is -4.13. The SMILES string of the molecule is C#CN(c1cc(F)c2c(c1)COB2O)c1cc2oc(-c3ccc(F)cc3)c(C(=O)NC)c2cc1C1CC1. The van der Waals surface area contributed by atoms with E-state index in [-0.39, 0.29) is 23.9 Å². The monoisotopic (exact) mass is 498 g/mol. The minimum absolute atomic E-state index is 0.0723. The third-order valence-electron chi connectivity index (χ3n) is 6.89. The van der Waals surface area contributed by atoms with E-state index >= 15 is 0 Å². The Kier molecular flexibility index (Phi) is 5.52. The number of amides is 1. The molecule has 0 atom stereocenters. The molecule has 6 nitrogen and oxygen atoms in total. The highest BCUT2D eigenvalue weighted by Gasteiger charge is 2.34. The van der Waals surface area contributed by atoms with Gasteiger partial charge >= 0.3 is 7.12 Å². The molecule has 1 aromatic heterocycles. The summed E-state index contributed by atoms with van der Waals surface area (Å²) < 4.78 is 39.8. The van der Waals surface area contributed by atoms with Crippen LogP contribution in [-0.2, 0) is 11.3 Å². The van der Waals surface area contributed by atoms with Crippen molar-refractivity contribution in [1.82, 2.24) is 5.32 Å². The van der Waals surface area contributed by atoms with Crippen molar-refractivity contribution >= 4 is 40.8 Å². The summed E-state index contributed by atoms with van der Waals surface area (Å²) in [5.74, 6) is -0.800. The van der Waals surface area contributed by atoms with Crippen LogP contribution in [-0.4, -0.2) is 25.1 Å². The molecule has 9 heteroatoms. The molecule has 1 aliphatic carbocycles. The van der Waals surface area contributed by atoms with Crippen LogP contribution in [0.15, 0.2) is 52.9 Å². The van der Waals surface area contributed by atoms with Crippen LogP contribution in [0.5, 0.6) is 0 Å². The Morgan fingerprint density at radius 3 is 2.62 bits per heavy atom. The summed E-state index contributed by atoms with van der Waals surface area (Å²) >= 11 is 0. The van der Waals surface area contributed by atoms with Gasteiger partial charge in [0.05, 0.1) is 23.5 Å². The fourth-order valence-electron chi connectivity index (χ4n) is 4.94. The third kappa shape index (κ3) is 3.86. The molecular formula is C28H21BF2N2O4. The van der Waals surface area contributed by atoms with Gasteiger partial charge in [-0.2, -0.15) is 0 Å². The molecule has 2 heterocycles. The van der Waals surface area contributed by atoms with Crippen molar-refractivity contribution in [2.24, 2.45) is 0 Å². The zero-order valence-electron chi connectivity index (χ0n) is 19.8. The highest BCUT2D eigenvalue weighted by Crippen LogP contribution is 2.48. The van der Waals surface area contributed by atoms with Gasteiger partial charge in [0.1, 0.15) is 23.0 Å². The lowest BCUT2D eigenvalue weighted by Gasteiger charge is -2.22. The number of nitrogens with one attached hydrogen (secondary N) is 1. The van der Waals surface area contributed by atoms with Crippen LogP contribution >= 0.6 is 0 Å². The van der Waals surface area contributed by atoms with Crippen molar-refractivity contribution < 1.29 is 27.7 Å². The highest BCUT2D eigenvalue weighted by atomic mass is 19.1. The Bertz CT molecular complexity index is 1610. The van der Waals surface area contributed by atoms with Gasteiger partial charge < -0.3 is 19.4 Å². The standard InChI is InChI=1S/C28H21BF2N2O4/c1-3-33(19-10-17-14-36-29(35)26(17)22(31)11-19)23-13-24-21(12-20(23)15-4-5-15)25(28(34)32-2)27(37-24)16-6-8-18(30)9-7-16/h1,6-13,15,35H,4-5,14H2,2H3,(H,32,34). The first-order chi connectivity index (χ1) is 17.9. The number of hydrogen-bond acceptors (Lipinski definition) is 5. The van der Waals surface area contributed by atoms with Gasteiger partial charge in [0, 0.05) is 35.6 Å². The molecule has 0 bridgehead atoms. The minimum atomic E-state index is -1.31. The van der Waals surface area contributed by atoms with Gasteiger partial charge in [-0.3, -0.25) is 9.69 Å². The van der Waals surface area contributed by atoms with E-state index in [1.807, 2.05) is 6.07 Å². The molecule has 2 aliphatic rings. The Morgan fingerprint density at radius 2 is 1.95 bits per heavy atom. The Morgan fingerprint density at radius 1 is 1.19 bits per heavy atom. The fourth-order valence-corrected chi connectivity index (χ4v) is 4.94. The molecule has 1 amide bonds. The molecule has 0 saturated heterocycles. The van der Waals surface area contributed by atoms with E-state index < -0.39 is 18.8 Å². The van der Waals surface area contributed by atoms with Crippen LogP contribution in [0.1, 0.15) is 40.2 Å². The summed E-state index contributed by atoms with van der Waals surface area (Å²) in [6, 6.07) is 15.0. The van der Waals surface area contributed by atoms with Gasteiger partial charge in [0.15, 0.2) is 0 Å². The molecule has 184 valence electrons. The summed E-state index contributed by atoms with van der Waals surface area (Å²) in [6.07, 6.45) is 7.85. The molecule has 0 spiro atoms. The first kappa shape index (κ1) is 23.3. The number of furan rings is 1. The number of fused-ring (bicyclic) bond motifs is 2. The molecule has 1 aliphatic heterocycles. The van der Waals surface area contributed by atoms with Crippen LogP contribution in [0.25, 0.3) is 22.3 Å². The quantitative estimate of drug-likeness (QED) is 0.240. The molecule has 6 rings (SSSR count). The summed E-state index contributed by atoms with van der Waals surface area (Å²) in [5.41, 5.74) is 3.92. The number of hydrogen-bond donors (Lipinski definition) is 2. The zero-order valence-corrected chi connectivity index (χ0v) is 19.8. The second-order valence-corrected chi connectivity index (χ2v) is 9.20. The average Bonchev–Trinajstić information content (AvgIpc) is 3.57. The van der Waals surface area contributed by atoms with Gasteiger partial charge in [0.2, 0.25) is 0 Å². The number of benzene rings is 3. The first-order valence-electron chi connectivity index (χ1n) is 11.9. The van der Waals surface area contributed by atoms with E-state index in [2.05, 4.69) is 11.4 Å². The molecule has 4 aromatic rings. The Labute approximate surface area is 212 Å². The fraction of sp³-hybridized carbons (Fsp3) is 0.179. The predicted octanol–water partition coefficient (Wildman–Crippen LogP) is 4.56. The maximum Gasteiger partial charge on any atom is 0.494 e. The maximum atomic E-state index is 14.9. The third-order valence-corrected chi connectivity index (χ3v) is 6.89. The number of halogens is 2. The van der Waals surface area contributed by atoms with Crippen LogP contribution in [0.4, 0.5) is 20.2 Å². The Balaban J connectivity index is 1.55. The number of anilines is 2. The molecule has 0 radical (unpaired) electrons. The zero-order chi connectivity index (χ0) is 25.8. The van der Waals surface area contributed by atoms with E-state index in [4.69, 9.17) is 15.5 Å². The van der Waals surface area contributed by atoms with Gasteiger partial charge in [-0.1, -0.05) is 6.42 Å². The van der Waals surface area contributed by atoms with Crippen LogP contribution in [0.2, 0.25) is 0 Å². The van der Waals surface area contributed by atoms with Gasteiger partial charge in [-0.15, -0.1) is 0 Å². The number of carbonyl (C=O) groups is 1. The number of carbonyl (C=O) groups excluding carboxylic acids is 1. The lowest BCUT2D eigenvalue weighted by atomic mass is 9.79. The highest BCUT2D eigenvalue weighted by molar-refractivity contribution is 6.61. The topological polar surface area (TPSA) is 74.9 Å². The second kappa shape index (κ2) is 8.77. The largest absolute Gasteiger partial charge is 0.494 e. The van der Waals surface area contributed by atoms with E-state index in [0.717, 1.165) is 18.4 Å². The molecule has 2 N–H and O–H groups in total. The normalized spacial score (nSPS) is 14.5. The molecular weight excluding hydrogens is 477 g/mol. The van der Waals surface area contributed by atoms with Gasteiger partial charge in [-0.25, -0.2) is 8.78 Å². The van der Waals surface area contributed by atoms with Crippen molar-refractivity contribution in [2.45, 2.75) is 25.4 Å². The van der Waals surface area contributed by atoms with Crippen molar-refractivity contribution in [2.75, 3.05) is 11.9 Å². The van der Waals surface area contributed by atoms with Crippen LogP contribution in [0, 0.1) is 24.1 Å². The lowest BCUT2D eigenvalue weighted by Crippen LogP contribution is -2.31. The van der Waals surface area contributed by atoms with Crippen LogP contribution < -0.4 is 15.7 Å². The smallest absolute Gasteiger partial charge is 0.455 e. The van der Waals surface area contributed by atoms with Crippen molar-refractivity contribution in [3.8, 4) is 23.8 Å². The van der Waals surface area contributed by atoms with Crippen molar-refractivity contribution in [1.29, 1.82) is 0 Å². The number of terminal acetylenes is 1. The van der Waals surface area contributed by atoms with Gasteiger partial charge in [-0.05, 0) is 72.4 Å². The summed E-state index contributed by atoms with van der Waals surface area (Å²) in [6.45, 7) is 0.0723. The summed E-state index contributed by atoms with van der Waals surface area (Å²) in [7, 11) is 0.229. The summed E-state index contributed by atoms with van der Waals surface area (Å²) in [4.78, 5) is 14.5. The number of rotatable bonds is 5. The van der Waals surface area contributed by atoms with E-state index in [1.165, 1.54) is 25.2 Å². The van der Waals surface area contributed by atoms with E-state index in [0.29, 0.717) is 44.8 Å². The molecule has 3 aromatic carbocycles. The second-order valence-electron chi connectivity index (χ2n) is 9.20. The summed E-state index contributed by atoms with van der Waals surface area (Å²) in [5, 5.41) is 13.2. The van der Waals surface area contributed by atoms with Gasteiger partial charge in [0.25, 0.3) is 5.91 Å². The van der Waals surface area contributed by atoms with E-state index in [9.17, 15) is 18.6 Å². The molecule has 1 fully saturated rings. The minimum Gasteiger partial charge on any atom is -0.455 e. The van der Waals surface area contributed by atoms with E-state index in [1.54, 1.807) is 29.2 Å². The van der Waals surface area contributed by atoms with Crippen molar-refractivity contribution in [3.05, 3.63) is 76.9 Å². The van der Waals surface area contributed by atoms with Crippen molar-refractivity contribution in [3.63, 3.8) is 0 Å². The lowest BCUT2D eigenvalue weighted by molar-refractivity contribution is 0.0964. The first-order valence-corrected chi connectivity index (χ1v) is 11.9. The predicted molar refractivity (Wildman–Crippen MR) is 137 cm³/mol. The molecule has 1 saturated carbocycles.